The first-order chi connectivity index (χ1) is 13.7. The summed E-state index contributed by atoms with van der Waals surface area (Å²) in [6.45, 7) is 0.248. The molecule has 0 aliphatic carbocycles. The van der Waals surface area contributed by atoms with Crippen molar-refractivity contribution in [2.24, 2.45) is 0 Å². The molecule has 7 nitrogen and oxygen atoms in total. The van der Waals surface area contributed by atoms with E-state index in [0.717, 1.165) is 0 Å². The third-order valence-electron chi connectivity index (χ3n) is 3.81. The molecule has 29 heavy (non-hydrogen) atoms. The number of benzene rings is 2. The molecule has 0 spiro atoms. The summed E-state index contributed by atoms with van der Waals surface area (Å²) in [5, 5.41) is 10.6. The maximum atomic E-state index is 12.6. The van der Waals surface area contributed by atoms with Crippen molar-refractivity contribution in [2.45, 2.75) is 16.8 Å². The Kier molecular flexibility index (Phi) is 8.30. The van der Waals surface area contributed by atoms with E-state index in [0.29, 0.717) is 0 Å². The SMILES string of the molecule is COCC(COC)OC(=O)c1ccc(CS(=O)(=O)c2cc(Cl)cc(Cl)c2)cc1O. The number of sulfone groups is 1. The number of ether oxygens (including phenoxy) is 3. The lowest BCUT2D eigenvalue weighted by Gasteiger charge is -2.16. The van der Waals surface area contributed by atoms with Gasteiger partial charge in [-0.2, -0.15) is 0 Å². The zero-order chi connectivity index (χ0) is 21.6. The van der Waals surface area contributed by atoms with E-state index >= 15 is 0 Å². The molecule has 0 aliphatic heterocycles. The van der Waals surface area contributed by atoms with Crippen molar-refractivity contribution in [1.82, 2.24) is 0 Å². The minimum absolute atomic E-state index is 0.0417. The van der Waals surface area contributed by atoms with Crippen molar-refractivity contribution in [1.29, 1.82) is 0 Å². The molecular weight excluding hydrogens is 443 g/mol. The maximum Gasteiger partial charge on any atom is 0.342 e. The first kappa shape index (κ1) is 23.4. The zero-order valence-electron chi connectivity index (χ0n) is 15.7. The van der Waals surface area contributed by atoms with Crippen molar-refractivity contribution >= 4 is 39.0 Å². The molecule has 1 N–H and O–H groups in total. The van der Waals surface area contributed by atoms with Gasteiger partial charge in [-0.3, -0.25) is 0 Å². The van der Waals surface area contributed by atoms with E-state index in [9.17, 15) is 18.3 Å². The third kappa shape index (κ3) is 6.58. The van der Waals surface area contributed by atoms with Gasteiger partial charge in [-0.15, -0.1) is 0 Å². The normalized spacial score (nSPS) is 11.6. The van der Waals surface area contributed by atoms with Crippen LogP contribution in [0.25, 0.3) is 0 Å². The number of hydrogen-bond acceptors (Lipinski definition) is 7. The van der Waals surface area contributed by atoms with Gasteiger partial charge in [0.25, 0.3) is 0 Å². The van der Waals surface area contributed by atoms with Gasteiger partial charge in [0.1, 0.15) is 17.4 Å². The van der Waals surface area contributed by atoms with Crippen LogP contribution in [0.3, 0.4) is 0 Å². The van der Waals surface area contributed by atoms with E-state index in [2.05, 4.69) is 0 Å². The molecular formula is C19H20Cl2O7S. The van der Waals surface area contributed by atoms with Gasteiger partial charge < -0.3 is 19.3 Å². The van der Waals surface area contributed by atoms with Crippen LogP contribution in [0.2, 0.25) is 10.0 Å². The van der Waals surface area contributed by atoms with Gasteiger partial charge in [0, 0.05) is 24.3 Å². The second-order valence-electron chi connectivity index (χ2n) is 6.15. The summed E-state index contributed by atoms with van der Waals surface area (Å²) in [7, 11) is -0.862. The van der Waals surface area contributed by atoms with Gasteiger partial charge in [-0.25, -0.2) is 13.2 Å². The Balaban J connectivity index is 2.19. The molecule has 0 radical (unpaired) electrons. The fourth-order valence-electron chi connectivity index (χ4n) is 2.55. The fraction of sp³-hybridized carbons (Fsp3) is 0.316. The molecule has 0 saturated carbocycles. The van der Waals surface area contributed by atoms with Crippen LogP contribution in [0.15, 0.2) is 41.3 Å². The Morgan fingerprint density at radius 2 is 1.62 bits per heavy atom. The molecule has 0 saturated heterocycles. The lowest BCUT2D eigenvalue weighted by molar-refractivity contribution is -0.0225. The highest BCUT2D eigenvalue weighted by Crippen LogP contribution is 2.27. The van der Waals surface area contributed by atoms with Gasteiger partial charge in [-0.05, 0) is 35.9 Å². The molecule has 0 unspecified atom stereocenters. The summed E-state index contributed by atoms with van der Waals surface area (Å²) in [4.78, 5) is 12.2. The molecule has 10 heteroatoms. The molecule has 2 rings (SSSR count). The minimum atomic E-state index is -3.77. The van der Waals surface area contributed by atoms with Gasteiger partial charge >= 0.3 is 5.97 Å². The largest absolute Gasteiger partial charge is 0.507 e. The highest BCUT2D eigenvalue weighted by atomic mass is 35.5. The van der Waals surface area contributed by atoms with Gasteiger partial charge in [0.15, 0.2) is 9.84 Å². The van der Waals surface area contributed by atoms with Crippen LogP contribution in [-0.4, -0.2) is 53.0 Å². The molecule has 2 aromatic carbocycles. The van der Waals surface area contributed by atoms with Crippen molar-refractivity contribution < 1.29 is 32.5 Å². The van der Waals surface area contributed by atoms with Gasteiger partial charge in [-0.1, -0.05) is 29.3 Å². The Hall–Kier alpha value is -1.84. The molecule has 0 fully saturated rings. The number of esters is 1. The van der Waals surface area contributed by atoms with Crippen LogP contribution >= 0.6 is 23.2 Å². The quantitative estimate of drug-likeness (QED) is 0.569. The summed E-state index contributed by atoms with van der Waals surface area (Å²) < 4.78 is 40.4. The van der Waals surface area contributed by atoms with Gasteiger partial charge in [0.05, 0.1) is 23.9 Å². The smallest absolute Gasteiger partial charge is 0.342 e. The predicted molar refractivity (Wildman–Crippen MR) is 108 cm³/mol. The third-order valence-corrected chi connectivity index (χ3v) is 5.92. The standard InChI is InChI=1S/C19H20Cl2O7S/c1-26-9-15(10-27-2)28-19(23)17-4-3-12(5-18(17)22)11-29(24,25)16-7-13(20)6-14(21)8-16/h3-8,15,22H,9-11H2,1-2H3. The Bertz CT molecular complexity index is 950. The van der Waals surface area contributed by atoms with Crippen LogP contribution in [0.5, 0.6) is 5.75 Å². The average molecular weight is 463 g/mol. The molecule has 0 aliphatic rings. The van der Waals surface area contributed by atoms with Crippen molar-refractivity contribution in [3.05, 3.63) is 57.6 Å². The number of carbonyl (C=O) groups excluding carboxylic acids is 1. The summed E-state index contributed by atoms with van der Waals surface area (Å²) in [6, 6.07) is 7.92. The second-order valence-corrected chi connectivity index (χ2v) is 9.02. The molecule has 0 heterocycles. The molecule has 0 amide bonds. The number of phenolic OH excluding ortho intramolecular Hbond substituents is 1. The first-order valence-electron chi connectivity index (χ1n) is 8.36. The van der Waals surface area contributed by atoms with E-state index in [1.165, 1.54) is 50.6 Å². The molecule has 158 valence electrons. The number of aromatic hydroxyl groups is 1. The number of hydrogen-bond donors (Lipinski definition) is 1. The first-order valence-corrected chi connectivity index (χ1v) is 10.8. The van der Waals surface area contributed by atoms with E-state index < -0.39 is 33.4 Å². The van der Waals surface area contributed by atoms with E-state index in [1.807, 2.05) is 0 Å². The van der Waals surface area contributed by atoms with Crippen molar-refractivity contribution in [3.63, 3.8) is 0 Å². The molecule has 0 bridgehead atoms. The lowest BCUT2D eigenvalue weighted by atomic mass is 10.1. The van der Waals surface area contributed by atoms with Gasteiger partial charge in [0.2, 0.25) is 0 Å². The summed E-state index contributed by atoms with van der Waals surface area (Å²) in [6.07, 6.45) is -0.649. The molecule has 2 aromatic rings. The number of halogens is 2. The average Bonchev–Trinajstić information content (AvgIpc) is 2.61. The lowest BCUT2D eigenvalue weighted by Crippen LogP contribution is -2.27. The van der Waals surface area contributed by atoms with Crippen LogP contribution in [0.4, 0.5) is 0 Å². The predicted octanol–water partition coefficient (Wildman–Crippen LogP) is 3.49. The summed E-state index contributed by atoms with van der Waals surface area (Å²) in [5.74, 6) is -1.60. The Morgan fingerprint density at radius 1 is 1.03 bits per heavy atom. The number of methoxy groups -OCH3 is 2. The van der Waals surface area contributed by atoms with E-state index in [4.69, 9.17) is 37.4 Å². The molecule has 0 atom stereocenters. The second kappa shape index (κ2) is 10.3. The van der Waals surface area contributed by atoms with Crippen LogP contribution in [-0.2, 0) is 29.8 Å². The van der Waals surface area contributed by atoms with Crippen LogP contribution in [0.1, 0.15) is 15.9 Å². The Morgan fingerprint density at radius 3 is 2.14 bits per heavy atom. The topological polar surface area (TPSA) is 99.1 Å². The number of phenols is 1. The highest BCUT2D eigenvalue weighted by molar-refractivity contribution is 7.90. The zero-order valence-corrected chi connectivity index (χ0v) is 18.1. The summed E-state index contributed by atoms with van der Waals surface area (Å²) in [5.41, 5.74) is 0.176. The maximum absolute atomic E-state index is 12.6. The highest BCUT2D eigenvalue weighted by Gasteiger charge is 2.21. The monoisotopic (exact) mass is 462 g/mol. The molecule has 0 aromatic heterocycles. The van der Waals surface area contributed by atoms with E-state index in [1.54, 1.807) is 0 Å². The number of carbonyl (C=O) groups is 1. The van der Waals surface area contributed by atoms with Crippen LogP contribution < -0.4 is 0 Å². The Labute approximate surface area is 179 Å². The fourth-order valence-corrected chi connectivity index (χ4v) is 4.61. The minimum Gasteiger partial charge on any atom is -0.507 e. The van der Waals surface area contributed by atoms with Crippen molar-refractivity contribution in [3.8, 4) is 5.75 Å². The van der Waals surface area contributed by atoms with Crippen LogP contribution in [0, 0.1) is 0 Å². The van der Waals surface area contributed by atoms with Crippen molar-refractivity contribution in [2.75, 3.05) is 27.4 Å². The number of rotatable bonds is 9. The summed E-state index contributed by atoms with van der Waals surface area (Å²) >= 11 is 11.7. The van der Waals surface area contributed by atoms with E-state index in [-0.39, 0.29) is 39.3 Å².